The second-order valence-corrected chi connectivity index (χ2v) is 7.06. The molecule has 136 valence electrons. The van der Waals surface area contributed by atoms with Crippen molar-refractivity contribution in [3.8, 4) is 5.75 Å². The highest BCUT2D eigenvalue weighted by Gasteiger charge is 2.36. The summed E-state index contributed by atoms with van der Waals surface area (Å²) in [6.45, 7) is 5.16. The van der Waals surface area contributed by atoms with Gasteiger partial charge in [0.2, 0.25) is 5.76 Å². The summed E-state index contributed by atoms with van der Waals surface area (Å²) >= 11 is 0. The molecule has 0 radical (unpaired) electrons. The van der Waals surface area contributed by atoms with Gasteiger partial charge in [-0.05, 0) is 31.9 Å². The molecule has 0 N–H and O–H groups in total. The maximum absolute atomic E-state index is 12.9. The number of carbonyl (C=O) groups excluding carboxylic acids is 1. The first-order valence-electron chi connectivity index (χ1n) is 9.33. The van der Waals surface area contributed by atoms with Crippen LogP contribution in [0.25, 0.3) is 6.08 Å². The van der Waals surface area contributed by atoms with Crippen LogP contribution in [0.15, 0.2) is 34.8 Å². The molecule has 2 aromatic rings. The van der Waals surface area contributed by atoms with Gasteiger partial charge >= 0.3 is 0 Å². The molecule has 3 heterocycles. The predicted molar refractivity (Wildman–Crippen MR) is 99.2 cm³/mol. The lowest BCUT2D eigenvalue weighted by molar-refractivity contribution is 0.0698. The third-order valence-corrected chi connectivity index (χ3v) is 5.26. The highest BCUT2D eigenvalue weighted by Crippen LogP contribution is 2.37. The van der Waals surface area contributed by atoms with Crippen molar-refractivity contribution >= 4 is 12.0 Å². The number of nitrogens with zero attached hydrogens (tertiary/aromatic N) is 2. The van der Waals surface area contributed by atoms with Crippen LogP contribution in [0.2, 0.25) is 0 Å². The van der Waals surface area contributed by atoms with Crippen molar-refractivity contribution in [2.24, 2.45) is 0 Å². The van der Waals surface area contributed by atoms with Gasteiger partial charge in [0.25, 0.3) is 5.91 Å². The van der Waals surface area contributed by atoms with E-state index in [1.807, 2.05) is 36.9 Å². The van der Waals surface area contributed by atoms with E-state index in [0.29, 0.717) is 36.9 Å². The lowest BCUT2D eigenvalue weighted by Crippen LogP contribution is -2.38. The van der Waals surface area contributed by atoms with Crippen molar-refractivity contribution in [2.45, 2.75) is 45.1 Å². The monoisotopic (exact) mass is 352 g/mol. The zero-order chi connectivity index (χ0) is 18.1. The van der Waals surface area contributed by atoms with Crippen molar-refractivity contribution in [2.75, 3.05) is 13.1 Å². The maximum atomic E-state index is 12.9. The Morgan fingerprint density at radius 1 is 1.27 bits per heavy atom. The second kappa shape index (κ2) is 6.63. The molecule has 0 unspecified atom stereocenters. The number of likely N-dealkylation sites (tertiary alicyclic amines) is 1. The van der Waals surface area contributed by atoms with Crippen LogP contribution in [0, 0.1) is 6.92 Å². The second-order valence-electron chi connectivity index (χ2n) is 7.06. The number of aromatic nitrogens is 1. The summed E-state index contributed by atoms with van der Waals surface area (Å²) in [7, 11) is 0. The average molecular weight is 352 g/mol. The van der Waals surface area contributed by atoms with Crippen molar-refractivity contribution in [3.63, 3.8) is 0 Å². The van der Waals surface area contributed by atoms with Gasteiger partial charge in [0, 0.05) is 31.5 Å². The minimum absolute atomic E-state index is 0.0630. The Bertz CT molecular complexity index is 855. The SMILES string of the molecule is CCc1nc(C)c(C(=O)N2CCC[C@]3(C=Cc4ccccc4O3)CC2)o1. The fourth-order valence-corrected chi connectivity index (χ4v) is 3.75. The summed E-state index contributed by atoms with van der Waals surface area (Å²) in [4.78, 5) is 19.1. The number of hydrogen-bond donors (Lipinski definition) is 0. The van der Waals surface area contributed by atoms with Crippen LogP contribution in [0.1, 0.15) is 53.9 Å². The van der Waals surface area contributed by atoms with E-state index in [4.69, 9.17) is 9.15 Å². The van der Waals surface area contributed by atoms with Gasteiger partial charge in [-0.1, -0.05) is 31.2 Å². The third kappa shape index (κ3) is 3.02. The minimum Gasteiger partial charge on any atom is -0.483 e. The average Bonchev–Trinajstić information content (AvgIpc) is 2.92. The van der Waals surface area contributed by atoms with Gasteiger partial charge in [-0.25, -0.2) is 4.98 Å². The van der Waals surface area contributed by atoms with Gasteiger partial charge in [-0.15, -0.1) is 0 Å². The summed E-state index contributed by atoms with van der Waals surface area (Å²) in [5.41, 5.74) is 1.46. The quantitative estimate of drug-likeness (QED) is 0.819. The van der Waals surface area contributed by atoms with Crippen molar-refractivity contribution in [3.05, 3.63) is 53.2 Å². The van der Waals surface area contributed by atoms with Crippen LogP contribution in [-0.2, 0) is 6.42 Å². The van der Waals surface area contributed by atoms with Crippen LogP contribution < -0.4 is 4.74 Å². The van der Waals surface area contributed by atoms with Crippen molar-refractivity contribution in [1.82, 2.24) is 9.88 Å². The van der Waals surface area contributed by atoms with Gasteiger partial charge < -0.3 is 14.1 Å². The normalized spacial score (nSPS) is 22.0. The molecule has 4 rings (SSSR count). The smallest absolute Gasteiger partial charge is 0.291 e. The molecule has 1 aromatic carbocycles. The molecule has 0 aliphatic carbocycles. The first kappa shape index (κ1) is 16.9. The Hall–Kier alpha value is -2.56. The van der Waals surface area contributed by atoms with Crippen LogP contribution in [0.3, 0.4) is 0 Å². The number of rotatable bonds is 2. The molecular weight excluding hydrogens is 328 g/mol. The fraction of sp³-hybridized carbons (Fsp3) is 0.429. The van der Waals surface area contributed by atoms with E-state index in [1.165, 1.54) is 0 Å². The van der Waals surface area contributed by atoms with Crippen LogP contribution >= 0.6 is 0 Å². The van der Waals surface area contributed by atoms with Crippen LogP contribution in [-0.4, -0.2) is 34.5 Å². The number of fused-ring (bicyclic) bond motifs is 1. The molecule has 1 spiro atoms. The summed E-state index contributed by atoms with van der Waals surface area (Å²) in [6, 6.07) is 8.08. The Kier molecular flexibility index (Phi) is 4.31. The maximum Gasteiger partial charge on any atom is 0.291 e. The molecule has 2 aliphatic rings. The van der Waals surface area contributed by atoms with E-state index in [2.05, 4.69) is 23.2 Å². The van der Waals surface area contributed by atoms with Crippen LogP contribution in [0.5, 0.6) is 5.75 Å². The Labute approximate surface area is 153 Å². The first-order valence-corrected chi connectivity index (χ1v) is 9.33. The van der Waals surface area contributed by atoms with E-state index in [1.54, 1.807) is 0 Å². The number of carbonyl (C=O) groups is 1. The van der Waals surface area contributed by atoms with E-state index >= 15 is 0 Å². The Balaban J connectivity index is 1.50. The predicted octanol–water partition coefficient (Wildman–Crippen LogP) is 4.02. The van der Waals surface area contributed by atoms with E-state index in [9.17, 15) is 4.79 Å². The number of aryl methyl sites for hydroxylation is 2. The van der Waals surface area contributed by atoms with Gasteiger partial charge in [-0.3, -0.25) is 4.79 Å². The van der Waals surface area contributed by atoms with Crippen LogP contribution in [0.4, 0.5) is 0 Å². The molecule has 1 aromatic heterocycles. The van der Waals surface area contributed by atoms with Gasteiger partial charge in [0.15, 0.2) is 5.89 Å². The minimum atomic E-state index is -0.325. The molecule has 5 nitrogen and oxygen atoms in total. The topological polar surface area (TPSA) is 55.6 Å². The lowest BCUT2D eigenvalue weighted by Gasteiger charge is -2.34. The Morgan fingerprint density at radius 2 is 2.12 bits per heavy atom. The van der Waals surface area contributed by atoms with E-state index in [0.717, 1.165) is 30.6 Å². The molecule has 1 saturated heterocycles. The number of ether oxygens (including phenoxy) is 1. The number of para-hydroxylation sites is 1. The number of hydrogen-bond acceptors (Lipinski definition) is 4. The highest BCUT2D eigenvalue weighted by molar-refractivity contribution is 5.92. The number of amides is 1. The third-order valence-electron chi connectivity index (χ3n) is 5.26. The summed E-state index contributed by atoms with van der Waals surface area (Å²) in [5, 5.41) is 0. The summed E-state index contributed by atoms with van der Waals surface area (Å²) in [6.07, 6.45) is 7.57. The zero-order valence-electron chi connectivity index (χ0n) is 15.3. The standard InChI is InChI=1S/C21H24N2O3/c1-3-18-22-15(2)19(25-18)20(24)23-13-6-10-21(12-14-23)11-9-16-7-4-5-8-17(16)26-21/h4-5,7-9,11H,3,6,10,12-14H2,1-2H3/t21-/m0/s1. The van der Waals surface area contributed by atoms with E-state index < -0.39 is 0 Å². The fourth-order valence-electron chi connectivity index (χ4n) is 3.75. The molecule has 1 amide bonds. The molecule has 1 fully saturated rings. The number of benzene rings is 1. The molecule has 0 saturated carbocycles. The summed E-state index contributed by atoms with van der Waals surface area (Å²) in [5.74, 6) is 1.86. The molecule has 5 heteroatoms. The molecule has 1 atom stereocenters. The molecule has 0 bridgehead atoms. The molecule has 2 aliphatic heterocycles. The van der Waals surface area contributed by atoms with Gasteiger partial charge in [-0.2, -0.15) is 0 Å². The highest BCUT2D eigenvalue weighted by atomic mass is 16.5. The van der Waals surface area contributed by atoms with Gasteiger partial charge in [0.1, 0.15) is 11.4 Å². The lowest BCUT2D eigenvalue weighted by atomic mass is 9.91. The summed E-state index contributed by atoms with van der Waals surface area (Å²) < 4.78 is 12.0. The first-order chi connectivity index (χ1) is 12.6. The zero-order valence-corrected chi connectivity index (χ0v) is 15.3. The molecule has 26 heavy (non-hydrogen) atoms. The number of oxazole rings is 1. The molecular formula is C21H24N2O3. The Morgan fingerprint density at radius 3 is 2.92 bits per heavy atom. The van der Waals surface area contributed by atoms with Gasteiger partial charge in [0.05, 0.1) is 5.69 Å². The van der Waals surface area contributed by atoms with Crippen molar-refractivity contribution < 1.29 is 13.9 Å². The largest absolute Gasteiger partial charge is 0.483 e. The van der Waals surface area contributed by atoms with Crippen molar-refractivity contribution in [1.29, 1.82) is 0 Å². The van der Waals surface area contributed by atoms with E-state index in [-0.39, 0.29) is 11.5 Å².